The van der Waals surface area contributed by atoms with Crippen molar-refractivity contribution in [1.29, 1.82) is 0 Å². The first kappa shape index (κ1) is 12.4. The lowest BCUT2D eigenvalue weighted by Crippen LogP contribution is -2.47. The first-order chi connectivity index (χ1) is 7.99. The Morgan fingerprint density at radius 3 is 2.47 bits per heavy atom. The standard InChI is InChI=1S/C13H21NO3/c1-8-5-11(13(16)17)7-14(6-8)12(15)9(2)10-3-4-10/h8-11H,3-7H2,1-2H3,(H,16,17). The summed E-state index contributed by atoms with van der Waals surface area (Å²) in [5, 5.41) is 9.08. The Morgan fingerprint density at radius 2 is 1.94 bits per heavy atom. The maximum atomic E-state index is 12.2. The SMILES string of the molecule is CC1CC(C(=O)O)CN(C(=O)C(C)C2CC2)C1. The number of piperidine rings is 1. The normalized spacial score (nSPS) is 31.1. The molecule has 1 heterocycles. The van der Waals surface area contributed by atoms with Crippen LogP contribution in [0.15, 0.2) is 0 Å². The minimum Gasteiger partial charge on any atom is -0.481 e. The first-order valence-corrected chi connectivity index (χ1v) is 6.50. The quantitative estimate of drug-likeness (QED) is 0.814. The first-order valence-electron chi connectivity index (χ1n) is 6.50. The molecule has 1 saturated heterocycles. The second-order valence-electron chi connectivity index (χ2n) is 5.75. The van der Waals surface area contributed by atoms with Gasteiger partial charge in [0, 0.05) is 19.0 Å². The van der Waals surface area contributed by atoms with Crippen LogP contribution in [0.4, 0.5) is 0 Å². The van der Waals surface area contributed by atoms with Gasteiger partial charge in [-0.15, -0.1) is 0 Å². The number of amides is 1. The van der Waals surface area contributed by atoms with Gasteiger partial charge in [-0.3, -0.25) is 9.59 Å². The number of nitrogens with zero attached hydrogens (tertiary/aromatic N) is 1. The molecule has 2 fully saturated rings. The average Bonchev–Trinajstić information content (AvgIpc) is 3.10. The summed E-state index contributed by atoms with van der Waals surface area (Å²) in [6.45, 7) is 5.13. The fourth-order valence-corrected chi connectivity index (χ4v) is 2.80. The molecule has 4 heteroatoms. The number of carbonyl (C=O) groups is 2. The highest BCUT2D eigenvalue weighted by molar-refractivity contribution is 5.80. The fourth-order valence-electron chi connectivity index (χ4n) is 2.80. The van der Waals surface area contributed by atoms with Crippen molar-refractivity contribution in [3.63, 3.8) is 0 Å². The van der Waals surface area contributed by atoms with Crippen LogP contribution in [0.3, 0.4) is 0 Å². The zero-order valence-electron chi connectivity index (χ0n) is 10.6. The molecule has 1 amide bonds. The highest BCUT2D eigenvalue weighted by Crippen LogP contribution is 2.38. The summed E-state index contributed by atoms with van der Waals surface area (Å²) in [5.74, 6) is -0.0780. The van der Waals surface area contributed by atoms with E-state index in [1.165, 1.54) is 0 Å². The van der Waals surface area contributed by atoms with E-state index in [0.29, 0.717) is 24.8 Å². The summed E-state index contributed by atoms with van der Waals surface area (Å²) in [6, 6.07) is 0. The van der Waals surface area contributed by atoms with Crippen molar-refractivity contribution in [3.8, 4) is 0 Å². The third kappa shape index (κ3) is 2.79. The average molecular weight is 239 g/mol. The Bertz CT molecular complexity index is 325. The van der Waals surface area contributed by atoms with Gasteiger partial charge < -0.3 is 10.0 Å². The number of hydrogen-bond acceptors (Lipinski definition) is 2. The van der Waals surface area contributed by atoms with Gasteiger partial charge in [0.15, 0.2) is 0 Å². The lowest BCUT2D eigenvalue weighted by Gasteiger charge is -2.36. The monoisotopic (exact) mass is 239 g/mol. The van der Waals surface area contributed by atoms with Crippen LogP contribution >= 0.6 is 0 Å². The van der Waals surface area contributed by atoms with Crippen LogP contribution in [0.25, 0.3) is 0 Å². The smallest absolute Gasteiger partial charge is 0.308 e. The number of carboxylic acid groups (broad SMARTS) is 1. The van der Waals surface area contributed by atoms with Crippen molar-refractivity contribution < 1.29 is 14.7 Å². The Morgan fingerprint density at radius 1 is 1.29 bits per heavy atom. The molecule has 0 aromatic heterocycles. The lowest BCUT2D eigenvalue weighted by atomic mass is 9.89. The predicted molar refractivity (Wildman–Crippen MR) is 63.4 cm³/mol. The number of carbonyl (C=O) groups excluding carboxylic acids is 1. The topological polar surface area (TPSA) is 57.6 Å². The Labute approximate surface area is 102 Å². The minimum atomic E-state index is -0.770. The second kappa shape index (κ2) is 4.67. The van der Waals surface area contributed by atoms with Crippen LogP contribution in [-0.2, 0) is 9.59 Å². The molecule has 2 aliphatic rings. The maximum Gasteiger partial charge on any atom is 0.308 e. The molecule has 1 aliphatic heterocycles. The van der Waals surface area contributed by atoms with E-state index in [4.69, 9.17) is 5.11 Å². The van der Waals surface area contributed by atoms with Gasteiger partial charge in [-0.25, -0.2) is 0 Å². The van der Waals surface area contributed by atoms with Gasteiger partial charge in [0.1, 0.15) is 0 Å². The minimum absolute atomic E-state index is 0.0785. The van der Waals surface area contributed by atoms with Gasteiger partial charge in [0.25, 0.3) is 0 Å². The molecular weight excluding hydrogens is 218 g/mol. The Hall–Kier alpha value is -1.06. The summed E-state index contributed by atoms with van der Waals surface area (Å²) >= 11 is 0. The van der Waals surface area contributed by atoms with Crippen LogP contribution < -0.4 is 0 Å². The number of likely N-dealkylation sites (tertiary alicyclic amines) is 1. The van der Waals surface area contributed by atoms with Crippen LogP contribution in [0.5, 0.6) is 0 Å². The fraction of sp³-hybridized carbons (Fsp3) is 0.846. The molecule has 4 nitrogen and oxygen atoms in total. The van der Waals surface area contributed by atoms with Crippen molar-refractivity contribution in [3.05, 3.63) is 0 Å². The molecular formula is C13H21NO3. The summed E-state index contributed by atoms with van der Waals surface area (Å²) in [5.41, 5.74) is 0. The van der Waals surface area contributed by atoms with E-state index in [0.717, 1.165) is 19.4 Å². The largest absolute Gasteiger partial charge is 0.481 e. The summed E-state index contributed by atoms with van der Waals surface area (Å²) in [4.78, 5) is 25.0. The summed E-state index contributed by atoms with van der Waals surface area (Å²) < 4.78 is 0. The van der Waals surface area contributed by atoms with E-state index in [2.05, 4.69) is 0 Å². The number of rotatable bonds is 3. The van der Waals surface area contributed by atoms with Gasteiger partial charge in [0.2, 0.25) is 5.91 Å². The van der Waals surface area contributed by atoms with E-state index in [-0.39, 0.29) is 17.7 Å². The van der Waals surface area contributed by atoms with Crippen molar-refractivity contribution in [2.75, 3.05) is 13.1 Å². The summed E-state index contributed by atoms with van der Waals surface area (Å²) in [6.07, 6.45) is 2.99. The molecule has 2 rings (SSSR count). The van der Waals surface area contributed by atoms with E-state index in [1.807, 2.05) is 13.8 Å². The van der Waals surface area contributed by atoms with E-state index in [9.17, 15) is 9.59 Å². The van der Waals surface area contributed by atoms with E-state index >= 15 is 0 Å². The van der Waals surface area contributed by atoms with Crippen molar-refractivity contribution in [1.82, 2.24) is 4.90 Å². The number of carboxylic acids is 1. The molecule has 3 atom stereocenters. The highest BCUT2D eigenvalue weighted by atomic mass is 16.4. The molecule has 0 spiro atoms. The van der Waals surface area contributed by atoms with E-state index < -0.39 is 5.97 Å². The van der Waals surface area contributed by atoms with Gasteiger partial charge in [-0.2, -0.15) is 0 Å². The molecule has 17 heavy (non-hydrogen) atoms. The van der Waals surface area contributed by atoms with Crippen molar-refractivity contribution in [2.45, 2.75) is 33.1 Å². The van der Waals surface area contributed by atoms with Crippen LogP contribution in [0.1, 0.15) is 33.1 Å². The van der Waals surface area contributed by atoms with Gasteiger partial charge >= 0.3 is 5.97 Å². The van der Waals surface area contributed by atoms with Crippen molar-refractivity contribution in [2.24, 2.45) is 23.7 Å². The number of hydrogen-bond donors (Lipinski definition) is 1. The van der Waals surface area contributed by atoms with Crippen LogP contribution in [-0.4, -0.2) is 35.0 Å². The molecule has 96 valence electrons. The van der Waals surface area contributed by atoms with Gasteiger partial charge in [0.05, 0.1) is 5.92 Å². The highest BCUT2D eigenvalue weighted by Gasteiger charge is 2.38. The molecule has 0 radical (unpaired) electrons. The Balaban J connectivity index is 1.99. The van der Waals surface area contributed by atoms with E-state index in [1.54, 1.807) is 4.90 Å². The van der Waals surface area contributed by atoms with Gasteiger partial charge in [-0.1, -0.05) is 13.8 Å². The predicted octanol–water partition coefficient (Wildman–Crippen LogP) is 1.60. The van der Waals surface area contributed by atoms with Crippen LogP contribution in [0.2, 0.25) is 0 Å². The zero-order chi connectivity index (χ0) is 12.6. The molecule has 3 unspecified atom stereocenters. The van der Waals surface area contributed by atoms with Crippen molar-refractivity contribution >= 4 is 11.9 Å². The molecule has 1 aliphatic carbocycles. The zero-order valence-corrected chi connectivity index (χ0v) is 10.6. The Kier molecular flexibility index (Phi) is 3.40. The number of aliphatic carboxylic acids is 1. The third-order valence-corrected chi connectivity index (χ3v) is 4.04. The van der Waals surface area contributed by atoms with Crippen LogP contribution in [0, 0.1) is 23.7 Å². The maximum absolute atomic E-state index is 12.2. The summed E-state index contributed by atoms with van der Waals surface area (Å²) in [7, 11) is 0. The van der Waals surface area contributed by atoms with Gasteiger partial charge in [-0.05, 0) is 31.1 Å². The molecule has 0 bridgehead atoms. The molecule has 0 aromatic rings. The second-order valence-corrected chi connectivity index (χ2v) is 5.75. The lowest BCUT2D eigenvalue weighted by molar-refractivity contribution is -0.148. The third-order valence-electron chi connectivity index (χ3n) is 4.04. The molecule has 0 aromatic carbocycles. The molecule has 1 N–H and O–H groups in total. The molecule has 1 saturated carbocycles.